The van der Waals surface area contributed by atoms with E-state index in [4.69, 9.17) is 0 Å². The van der Waals surface area contributed by atoms with E-state index >= 15 is 0 Å². The van der Waals surface area contributed by atoms with Crippen LogP contribution in [0.15, 0.2) is 29.2 Å². The van der Waals surface area contributed by atoms with Gasteiger partial charge < -0.3 is 0 Å². The highest BCUT2D eigenvalue weighted by Crippen LogP contribution is 2.33. The van der Waals surface area contributed by atoms with Crippen LogP contribution in [0.4, 0.5) is 0 Å². The van der Waals surface area contributed by atoms with Crippen LogP contribution in [-0.4, -0.2) is 36.5 Å². The van der Waals surface area contributed by atoms with Crippen molar-refractivity contribution in [1.29, 1.82) is 0 Å². The Kier molecular flexibility index (Phi) is 2.65. The molecular formula is C12H10N2O5S. The predicted molar refractivity (Wildman–Crippen MR) is 66.0 cm³/mol. The Balaban J connectivity index is 2.07. The third kappa shape index (κ3) is 1.64. The van der Waals surface area contributed by atoms with Gasteiger partial charge in [0.15, 0.2) is 0 Å². The Morgan fingerprint density at radius 3 is 2.50 bits per heavy atom. The fraction of sp³-hybridized carbons (Fsp3) is 0.250. The van der Waals surface area contributed by atoms with Gasteiger partial charge in [-0.1, -0.05) is 12.1 Å². The van der Waals surface area contributed by atoms with Gasteiger partial charge in [-0.25, -0.2) is 12.7 Å². The van der Waals surface area contributed by atoms with Crippen molar-refractivity contribution in [2.75, 3.05) is 0 Å². The summed E-state index contributed by atoms with van der Waals surface area (Å²) in [4.78, 5) is 35.0. The van der Waals surface area contributed by atoms with Crippen LogP contribution < -0.4 is 5.32 Å². The second-order valence-corrected chi connectivity index (χ2v) is 6.35. The Hall–Kier alpha value is -2.22. The van der Waals surface area contributed by atoms with Gasteiger partial charge in [0.05, 0.1) is 5.56 Å². The average Bonchev–Trinajstić information content (AvgIpc) is 2.60. The lowest BCUT2D eigenvalue weighted by Crippen LogP contribution is -2.54. The highest BCUT2D eigenvalue weighted by molar-refractivity contribution is 7.90. The third-order valence-corrected chi connectivity index (χ3v) is 5.20. The summed E-state index contributed by atoms with van der Waals surface area (Å²) < 4.78 is 25.3. The number of hydrogen-bond donors (Lipinski definition) is 1. The van der Waals surface area contributed by atoms with Crippen LogP contribution in [0.25, 0.3) is 0 Å². The summed E-state index contributed by atoms with van der Waals surface area (Å²) in [5.74, 6) is -1.95. The molecule has 1 aromatic carbocycles. The van der Waals surface area contributed by atoms with Crippen LogP contribution in [0.1, 0.15) is 23.2 Å². The van der Waals surface area contributed by atoms with E-state index in [1.54, 1.807) is 6.07 Å². The molecule has 0 saturated carbocycles. The van der Waals surface area contributed by atoms with Crippen LogP contribution in [0.2, 0.25) is 0 Å². The van der Waals surface area contributed by atoms with Crippen LogP contribution in [0, 0.1) is 0 Å². The van der Waals surface area contributed by atoms with Crippen molar-refractivity contribution in [3.8, 4) is 0 Å². The molecule has 7 nitrogen and oxygen atoms in total. The lowest BCUT2D eigenvalue weighted by molar-refractivity contribution is -0.135. The van der Waals surface area contributed by atoms with Gasteiger partial charge in [-0.3, -0.25) is 19.7 Å². The van der Waals surface area contributed by atoms with E-state index < -0.39 is 33.8 Å². The van der Waals surface area contributed by atoms with Crippen LogP contribution >= 0.6 is 0 Å². The summed E-state index contributed by atoms with van der Waals surface area (Å²) in [5.41, 5.74) is 0.0530. The number of nitrogens with one attached hydrogen (secondary N) is 1. The Morgan fingerprint density at radius 2 is 1.85 bits per heavy atom. The molecule has 3 amide bonds. The molecule has 2 heterocycles. The minimum absolute atomic E-state index is 0.00360. The highest BCUT2D eigenvalue weighted by Gasteiger charge is 2.48. The first-order valence-electron chi connectivity index (χ1n) is 5.94. The number of fused-ring (bicyclic) bond motifs is 1. The van der Waals surface area contributed by atoms with Crippen molar-refractivity contribution in [2.45, 2.75) is 23.8 Å². The van der Waals surface area contributed by atoms with Crippen molar-refractivity contribution in [3.05, 3.63) is 29.8 Å². The van der Waals surface area contributed by atoms with Gasteiger partial charge in [0.25, 0.3) is 21.8 Å². The molecule has 1 atom stereocenters. The van der Waals surface area contributed by atoms with Crippen LogP contribution in [0.3, 0.4) is 0 Å². The third-order valence-electron chi connectivity index (χ3n) is 3.35. The number of imide groups is 1. The summed E-state index contributed by atoms with van der Waals surface area (Å²) in [6, 6.07) is 4.63. The van der Waals surface area contributed by atoms with E-state index in [1.165, 1.54) is 18.2 Å². The van der Waals surface area contributed by atoms with Gasteiger partial charge in [0.2, 0.25) is 5.91 Å². The molecule has 1 N–H and O–H groups in total. The maximum absolute atomic E-state index is 12.4. The predicted octanol–water partition coefficient (Wildman–Crippen LogP) is -0.364. The second kappa shape index (κ2) is 4.14. The largest absolute Gasteiger partial charge is 0.295 e. The number of piperidine rings is 1. The Morgan fingerprint density at radius 1 is 1.15 bits per heavy atom. The fourth-order valence-corrected chi connectivity index (χ4v) is 4.17. The van der Waals surface area contributed by atoms with E-state index in [1.807, 2.05) is 0 Å². The first-order valence-corrected chi connectivity index (χ1v) is 7.38. The topological polar surface area (TPSA) is 101 Å². The van der Waals surface area contributed by atoms with Gasteiger partial charge in [-0.15, -0.1) is 0 Å². The molecule has 20 heavy (non-hydrogen) atoms. The molecule has 0 aliphatic carbocycles. The number of hydrogen-bond acceptors (Lipinski definition) is 5. The smallest absolute Gasteiger partial charge is 0.269 e. The summed E-state index contributed by atoms with van der Waals surface area (Å²) in [6.07, 6.45) is 0.00960. The van der Waals surface area contributed by atoms with Crippen LogP contribution in [0.5, 0.6) is 0 Å². The lowest BCUT2D eigenvalue weighted by atomic mass is 10.1. The Labute approximate surface area is 114 Å². The molecule has 2 aliphatic rings. The van der Waals surface area contributed by atoms with Gasteiger partial charge in [0, 0.05) is 6.42 Å². The molecule has 0 spiro atoms. The van der Waals surface area contributed by atoms with E-state index in [-0.39, 0.29) is 23.3 Å². The zero-order valence-electron chi connectivity index (χ0n) is 10.2. The Bertz CT molecular complexity index is 740. The summed E-state index contributed by atoms with van der Waals surface area (Å²) >= 11 is 0. The van der Waals surface area contributed by atoms with Crippen molar-refractivity contribution < 1.29 is 22.8 Å². The number of nitrogens with zero attached hydrogens (tertiary/aromatic N) is 1. The average molecular weight is 294 g/mol. The number of carbonyl (C=O) groups is 3. The molecule has 0 unspecified atom stereocenters. The van der Waals surface area contributed by atoms with Crippen molar-refractivity contribution in [2.24, 2.45) is 0 Å². The number of sulfonamides is 1. The monoisotopic (exact) mass is 294 g/mol. The normalized spacial score (nSPS) is 24.5. The summed E-state index contributed by atoms with van der Waals surface area (Å²) in [6.45, 7) is 0. The second-order valence-electron chi connectivity index (χ2n) is 4.57. The number of rotatable bonds is 1. The zero-order chi connectivity index (χ0) is 14.5. The highest BCUT2D eigenvalue weighted by atomic mass is 32.2. The molecule has 2 aliphatic heterocycles. The van der Waals surface area contributed by atoms with E-state index in [9.17, 15) is 22.8 Å². The zero-order valence-corrected chi connectivity index (χ0v) is 11.0. The van der Waals surface area contributed by atoms with Gasteiger partial charge in [-0.05, 0) is 18.6 Å². The van der Waals surface area contributed by atoms with E-state index in [0.717, 1.165) is 0 Å². The quantitative estimate of drug-likeness (QED) is 0.713. The summed E-state index contributed by atoms with van der Waals surface area (Å²) in [5, 5.41) is 2.06. The van der Waals surface area contributed by atoms with Crippen molar-refractivity contribution in [1.82, 2.24) is 9.62 Å². The molecule has 1 fully saturated rings. The van der Waals surface area contributed by atoms with Crippen LogP contribution in [-0.2, 0) is 19.6 Å². The number of benzene rings is 1. The van der Waals surface area contributed by atoms with Gasteiger partial charge in [0.1, 0.15) is 10.9 Å². The number of carbonyl (C=O) groups excluding carboxylic acids is 3. The molecule has 8 heteroatoms. The van der Waals surface area contributed by atoms with E-state index in [0.29, 0.717) is 4.31 Å². The minimum atomic E-state index is -4.03. The minimum Gasteiger partial charge on any atom is -0.295 e. The first-order chi connectivity index (χ1) is 9.43. The van der Waals surface area contributed by atoms with Crippen molar-refractivity contribution in [3.63, 3.8) is 0 Å². The number of amides is 3. The summed E-state index contributed by atoms with van der Waals surface area (Å²) in [7, 11) is -4.03. The molecule has 3 rings (SSSR count). The molecular weight excluding hydrogens is 284 g/mol. The standard InChI is InChI=1S/C12H10N2O5S/c15-10-6-5-8(11(16)13-10)14-12(17)7-3-1-2-4-9(7)20(14,18)19/h1-4,8H,5-6H2,(H,13,15,16)/t8-/m0/s1. The molecule has 1 saturated heterocycles. The maximum atomic E-state index is 12.4. The molecule has 0 radical (unpaired) electrons. The first kappa shape index (κ1) is 12.8. The van der Waals surface area contributed by atoms with Gasteiger partial charge in [-0.2, -0.15) is 0 Å². The lowest BCUT2D eigenvalue weighted by Gasteiger charge is -2.28. The SMILES string of the molecule is O=C1CC[C@H](N2C(=O)c3ccccc3S2(=O)=O)C(=O)N1. The molecule has 0 bridgehead atoms. The fourth-order valence-electron chi connectivity index (χ4n) is 2.42. The molecule has 0 aromatic heterocycles. The molecule has 1 aromatic rings. The van der Waals surface area contributed by atoms with Crippen molar-refractivity contribution >= 4 is 27.7 Å². The maximum Gasteiger partial charge on any atom is 0.269 e. The van der Waals surface area contributed by atoms with E-state index in [2.05, 4.69) is 5.32 Å². The van der Waals surface area contributed by atoms with Gasteiger partial charge >= 0.3 is 0 Å². The molecule has 104 valence electrons.